The highest BCUT2D eigenvalue weighted by Crippen LogP contribution is 2.25. The van der Waals surface area contributed by atoms with Crippen LogP contribution in [0.25, 0.3) is 0 Å². The third kappa shape index (κ3) is 9.69. The third-order valence-electron chi connectivity index (χ3n) is 7.32. The van der Waals surface area contributed by atoms with Gasteiger partial charge < -0.3 is 33.4 Å². The van der Waals surface area contributed by atoms with Crippen LogP contribution in [-0.4, -0.2) is 72.0 Å². The van der Waals surface area contributed by atoms with Gasteiger partial charge in [-0.1, -0.05) is 5.92 Å². The highest BCUT2D eigenvalue weighted by atomic mass is 16.6. The Hall–Kier alpha value is -3.75. The first kappa shape index (κ1) is 31.8. The van der Waals surface area contributed by atoms with Crippen molar-refractivity contribution in [2.75, 3.05) is 32.7 Å². The molecular weight excluding hydrogens is 534 g/mol. The number of likely N-dealkylation sites (tertiary alicyclic amines) is 2. The molecule has 1 N–H and O–H groups in total. The Kier molecular flexibility index (Phi) is 11.0. The predicted octanol–water partition coefficient (Wildman–Crippen LogP) is 2.62. The van der Waals surface area contributed by atoms with E-state index in [9.17, 15) is 24.0 Å². The largest absolute Gasteiger partial charge is 0.519 e. The lowest BCUT2D eigenvalue weighted by Crippen LogP contribution is -2.46. The van der Waals surface area contributed by atoms with Gasteiger partial charge in [0.1, 0.15) is 11.5 Å². The molecule has 2 saturated heterocycles. The number of carbonyl (C=O) groups is 4. The molecule has 3 heterocycles. The van der Waals surface area contributed by atoms with Gasteiger partial charge in [0.15, 0.2) is 18.1 Å². The van der Waals surface area contributed by atoms with E-state index in [2.05, 4.69) is 11.2 Å². The number of nitrogens with zero attached hydrogens (tertiary/aromatic N) is 2. The lowest BCUT2D eigenvalue weighted by molar-refractivity contribution is -0.148. The summed E-state index contributed by atoms with van der Waals surface area (Å²) in [6.45, 7) is 8.75. The zero-order valence-electron chi connectivity index (χ0n) is 24.4. The number of carbonyl (C=O) groups excluding carboxylic acids is 4. The first-order chi connectivity index (χ1) is 19.4. The van der Waals surface area contributed by atoms with E-state index in [4.69, 9.17) is 24.7 Å². The van der Waals surface area contributed by atoms with Crippen LogP contribution < -0.4 is 11.1 Å². The van der Waals surface area contributed by atoms with Gasteiger partial charge >= 0.3 is 17.9 Å². The third-order valence-corrected chi connectivity index (χ3v) is 7.32. The van der Waals surface area contributed by atoms with E-state index in [1.54, 1.807) is 9.80 Å². The number of hydrogen-bond donors (Lipinski definition) is 1. The molecule has 2 fully saturated rings. The Morgan fingerprint density at radius 2 is 1.80 bits per heavy atom. The number of ether oxygens (including phenoxy) is 2. The average molecular weight is 576 g/mol. The Bertz CT molecular complexity index is 1180. The van der Waals surface area contributed by atoms with Gasteiger partial charge in [0.2, 0.25) is 11.8 Å². The van der Waals surface area contributed by atoms with Crippen LogP contribution in [0.3, 0.4) is 0 Å². The second kappa shape index (κ2) is 14.2. The van der Waals surface area contributed by atoms with Gasteiger partial charge in [-0.05, 0) is 65.7 Å². The summed E-state index contributed by atoms with van der Waals surface area (Å²) in [5.74, 6) is -0.368. The molecule has 2 aliphatic heterocycles. The van der Waals surface area contributed by atoms with Crippen molar-refractivity contribution in [1.29, 1.82) is 0 Å². The quantitative estimate of drug-likeness (QED) is 0.346. The molecule has 12 heteroatoms. The number of nitrogens with one attached hydrogen (secondary N) is 1. The van der Waals surface area contributed by atoms with Gasteiger partial charge in [0, 0.05) is 39.1 Å². The fourth-order valence-corrected chi connectivity index (χ4v) is 4.93. The van der Waals surface area contributed by atoms with Crippen LogP contribution in [0.1, 0.15) is 70.8 Å². The second-order valence-corrected chi connectivity index (χ2v) is 11.6. The van der Waals surface area contributed by atoms with E-state index in [1.165, 1.54) is 6.92 Å². The zero-order chi connectivity index (χ0) is 30.2. The minimum atomic E-state index is -1.03. The Morgan fingerprint density at radius 3 is 2.41 bits per heavy atom. The molecule has 3 amide bonds. The number of piperidine rings is 2. The van der Waals surface area contributed by atoms with Crippen LogP contribution in [0, 0.1) is 37.0 Å². The maximum atomic E-state index is 12.9. The molecule has 0 aromatic carbocycles. The van der Waals surface area contributed by atoms with Crippen molar-refractivity contribution < 1.29 is 37.5 Å². The van der Waals surface area contributed by atoms with Gasteiger partial charge in [-0.3, -0.25) is 14.4 Å². The lowest BCUT2D eigenvalue weighted by atomic mass is 9.91. The minimum absolute atomic E-state index is 0.0170. The maximum absolute atomic E-state index is 12.9. The van der Waals surface area contributed by atoms with Crippen LogP contribution in [0.5, 0.6) is 0 Å². The van der Waals surface area contributed by atoms with Gasteiger partial charge in [0.05, 0.1) is 5.92 Å². The van der Waals surface area contributed by atoms with Gasteiger partial charge in [0.25, 0.3) is 0 Å². The number of aryl methyl sites for hydroxylation is 1. The molecule has 0 saturated carbocycles. The Labute approximate surface area is 240 Å². The summed E-state index contributed by atoms with van der Waals surface area (Å²) in [5.41, 5.74) is -0.528. The molecule has 12 nitrogen and oxygen atoms in total. The van der Waals surface area contributed by atoms with Gasteiger partial charge in [-0.25, -0.2) is 9.59 Å². The van der Waals surface area contributed by atoms with E-state index in [0.29, 0.717) is 51.4 Å². The maximum Gasteiger partial charge on any atom is 0.519 e. The van der Waals surface area contributed by atoms with Gasteiger partial charge in [-0.2, -0.15) is 0 Å². The number of rotatable bonds is 9. The topological polar surface area (TPSA) is 149 Å². The molecule has 1 aromatic rings. The predicted molar refractivity (Wildman–Crippen MR) is 146 cm³/mol. The van der Waals surface area contributed by atoms with Crippen molar-refractivity contribution in [3.05, 3.63) is 22.1 Å². The van der Waals surface area contributed by atoms with Crippen LogP contribution in [0.2, 0.25) is 0 Å². The summed E-state index contributed by atoms with van der Waals surface area (Å²) in [6, 6.07) is 0. The van der Waals surface area contributed by atoms with Crippen molar-refractivity contribution in [2.45, 2.75) is 78.4 Å². The van der Waals surface area contributed by atoms with E-state index >= 15 is 0 Å². The number of esters is 1. The molecule has 0 bridgehead atoms. The average Bonchev–Trinajstić information content (AvgIpc) is 3.26. The molecule has 3 rings (SSSR count). The fraction of sp³-hybridized carbons (Fsp3) is 0.690. The molecular formula is C29H41N3O9. The smallest absolute Gasteiger partial charge is 0.456 e. The summed E-state index contributed by atoms with van der Waals surface area (Å²) in [6.07, 6.45) is 9.29. The van der Waals surface area contributed by atoms with Crippen molar-refractivity contribution in [2.24, 2.45) is 17.8 Å². The summed E-state index contributed by atoms with van der Waals surface area (Å²) < 4.78 is 20.1. The molecule has 2 aliphatic rings. The zero-order valence-corrected chi connectivity index (χ0v) is 24.4. The standard InChI is InChI=1S/C29H41N3O9/c1-6-21(26(35)38-18-23-19(2)39-28(37)40-23)16-30-25(34)22-8-7-13-32(17-22)24(33)10-9-20-11-14-31(15-12-20)27(36)41-29(3,4)5/h1,20-22H,7-18H2,2-5H3,(H,30,34)/t21-,22+/m0/s1. The van der Waals surface area contributed by atoms with Crippen molar-refractivity contribution in [3.8, 4) is 12.3 Å². The van der Waals surface area contributed by atoms with Crippen molar-refractivity contribution in [3.63, 3.8) is 0 Å². The molecule has 41 heavy (non-hydrogen) atoms. The molecule has 2 atom stereocenters. The number of terminal acetylenes is 1. The summed E-state index contributed by atoms with van der Waals surface area (Å²) in [5, 5.41) is 2.71. The van der Waals surface area contributed by atoms with Gasteiger partial charge in [-0.15, -0.1) is 6.42 Å². The van der Waals surface area contributed by atoms with Crippen molar-refractivity contribution in [1.82, 2.24) is 15.1 Å². The minimum Gasteiger partial charge on any atom is -0.456 e. The monoisotopic (exact) mass is 575 g/mol. The molecule has 0 unspecified atom stereocenters. The molecule has 0 radical (unpaired) electrons. The second-order valence-electron chi connectivity index (χ2n) is 11.6. The van der Waals surface area contributed by atoms with Crippen LogP contribution in [0.15, 0.2) is 13.6 Å². The fourth-order valence-electron chi connectivity index (χ4n) is 4.93. The number of amides is 3. The van der Waals surface area contributed by atoms with Crippen LogP contribution in [0.4, 0.5) is 4.79 Å². The molecule has 0 spiro atoms. The van der Waals surface area contributed by atoms with Crippen LogP contribution in [-0.2, 0) is 30.5 Å². The highest BCUT2D eigenvalue weighted by molar-refractivity contribution is 5.82. The highest BCUT2D eigenvalue weighted by Gasteiger charge is 2.31. The molecule has 226 valence electrons. The molecule has 0 aliphatic carbocycles. The van der Waals surface area contributed by atoms with E-state index in [-0.39, 0.29) is 42.6 Å². The Morgan fingerprint density at radius 1 is 1.10 bits per heavy atom. The first-order valence-corrected chi connectivity index (χ1v) is 14.1. The van der Waals surface area contributed by atoms with Crippen molar-refractivity contribution >= 4 is 23.9 Å². The summed E-state index contributed by atoms with van der Waals surface area (Å²) in [7, 11) is 0. The first-order valence-electron chi connectivity index (χ1n) is 14.1. The van der Waals surface area contributed by atoms with E-state index in [1.807, 2.05) is 20.8 Å². The van der Waals surface area contributed by atoms with E-state index in [0.717, 1.165) is 19.3 Å². The number of hydrogen-bond acceptors (Lipinski definition) is 9. The SMILES string of the molecule is C#C[C@@H](CNC(=O)[C@@H]1CCCN(C(=O)CCC2CCN(C(=O)OC(C)(C)C)CC2)C1)C(=O)OCc1oc(=O)oc1C. The van der Waals surface area contributed by atoms with Crippen LogP contribution >= 0.6 is 0 Å². The summed E-state index contributed by atoms with van der Waals surface area (Å²) in [4.78, 5) is 65.0. The summed E-state index contributed by atoms with van der Waals surface area (Å²) >= 11 is 0. The Balaban J connectivity index is 1.38. The molecule has 1 aromatic heterocycles. The normalized spacial score (nSPS) is 18.8. The van der Waals surface area contributed by atoms with E-state index < -0.39 is 29.2 Å². The lowest BCUT2D eigenvalue weighted by Gasteiger charge is -2.34.